The Morgan fingerprint density at radius 3 is 2.28 bits per heavy atom. The third kappa shape index (κ3) is 6.85. The van der Waals surface area contributed by atoms with Gasteiger partial charge in [-0.1, -0.05) is 24.3 Å². The lowest BCUT2D eigenvalue weighted by atomic mass is 9.92. The Bertz CT molecular complexity index is 799. The van der Waals surface area contributed by atoms with Crippen LogP contribution in [0.4, 0.5) is 18.0 Å². The fourth-order valence-corrected chi connectivity index (χ4v) is 3.63. The molecule has 1 amide bonds. The molecule has 32 heavy (non-hydrogen) atoms. The lowest BCUT2D eigenvalue weighted by molar-refractivity contribution is -0.149. The van der Waals surface area contributed by atoms with Crippen molar-refractivity contribution in [1.82, 2.24) is 4.90 Å². The van der Waals surface area contributed by atoms with E-state index in [-0.39, 0.29) is 13.2 Å². The number of carbonyl (C=O) groups excluding carboxylic acids is 2. The summed E-state index contributed by atoms with van der Waals surface area (Å²) in [6.07, 6.45) is -6.38. The lowest BCUT2D eigenvalue weighted by Crippen LogP contribution is -2.47. The Morgan fingerprint density at radius 1 is 1.19 bits per heavy atom. The highest BCUT2D eigenvalue weighted by atomic mass is 19.4. The molecule has 1 aliphatic rings. The van der Waals surface area contributed by atoms with Gasteiger partial charge in [-0.2, -0.15) is 13.2 Å². The summed E-state index contributed by atoms with van der Waals surface area (Å²) >= 11 is 0. The van der Waals surface area contributed by atoms with E-state index in [1.807, 2.05) is 0 Å². The van der Waals surface area contributed by atoms with Gasteiger partial charge in [-0.25, -0.2) is 4.79 Å². The van der Waals surface area contributed by atoms with Crippen LogP contribution >= 0.6 is 0 Å². The largest absolute Gasteiger partial charge is 0.466 e. The average molecular weight is 460 g/mol. The Balaban J connectivity index is 2.28. The Hall–Kier alpha value is -2.29. The lowest BCUT2D eigenvalue weighted by Gasteiger charge is -2.35. The van der Waals surface area contributed by atoms with Gasteiger partial charge in [0.25, 0.3) is 0 Å². The zero-order valence-electron chi connectivity index (χ0n) is 19.4. The van der Waals surface area contributed by atoms with Crippen molar-refractivity contribution in [3.63, 3.8) is 0 Å². The van der Waals surface area contributed by atoms with Crippen LogP contribution in [0, 0.1) is 0 Å². The van der Waals surface area contributed by atoms with E-state index in [2.05, 4.69) is 0 Å². The van der Waals surface area contributed by atoms with Gasteiger partial charge < -0.3 is 14.2 Å². The van der Waals surface area contributed by atoms with Gasteiger partial charge in [0, 0.05) is 6.42 Å². The molecule has 0 spiro atoms. The number of benzene rings is 1. The standard InChI is InChI=1S/C23H32F3NO5/c1-7-30-19(28)17(12-13-23(24,25)26)15-8-10-16(11-9-15)18-14-31-22(5,6)27(18)20(29)32-21(2,3)4/h8-11,17-18H,7,12-14H2,1-6H3/t17?,18-/m1/s1. The van der Waals surface area contributed by atoms with Gasteiger partial charge in [-0.3, -0.25) is 9.69 Å². The zero-order valence-corrected chi connectivity index (χ0v) is 19.4. The molecule has 1 fully saturated rings. The Labute approximate surface area is 187 Å². The maximum absolute atomic E-state index is 12.8. The number of nitrogens with zero attached hydrogens (tertiary/aromatic N) is 1. The highest BCUT2D eigenvalue weighted by Gasteiger charge is 2.46. The van der Waals surface area contributed by atoms with Crippen LogP contribution in [0.2, 0.25) is 0 Å². The summed E-state index contributed by atoms with van der Waals surface area (Å²) in [7, 11) is 0. The number of amides is 1. The third-order valence-electron chi connectivity index (χ3n) is 5.09. The maximum Gasteiger partial charge on any atom is 0.413 e. The molecule has 180 valence electrons. The average Bonchev–Trinajstić information content (AvgIpc) is 2.95. The van der Waals surface area contributed by atoms with Crippen LogP contribution in [0.25, 0.3) is 0 Å². The summed E-state index contributed by atoms with van der Waals surface area (Å²) < 4.78 is 54.5. The van der Waals surface area contributed by atoms with E-state index in [9.17, 15) is 22.8 Å². The first-order chi connectivity index (χ1) is 14.6. The summed E-state index contributed by atoms with van der Waals surface area (Å²) in [5.74, 6) is -1.71. The van der Waals surface area contributed by atoms with Gasteiger partial charge in [0.15, 0.2) is 0 Å². The molecule has 9 heteroatoms. The van der Waals surface area contributed by atoms with E-state index in [1.54, 1.807) is 65.8 Å². The van der Waals surface area contributed by atoms with Gasteiger partial charge in [0.2, 0.25) is 0 Å². The predicted molar refractivity (Wildman–Crippen MR) is 112 cm³/mol. The molecule has 0 aliphatic carbocycles. The molecule has 1 aromatic carbocycles. The van der Waals surface area contributed by atoms with Crippen LogP contribution in [0.1, 0.15) is 77.5 Å². The van der Waals surface area contributed by atoms with E-state index in [1.165, 1.54) is 4.90 Å². The molecule has 6 nitrogen and oxygen atoms in total. The molecule has 1 unspecified atom stereocenters. The Morgan fingerprint density at radius 2 is 1.78 bits per heavy atom. The highest BCUT2D eigenvalue weighted by Crippen LogP contribution is 2.39. The first-order valence-electron chi connectivity index (χ1n) is 10.6. The first kappa shape index (κ1) is 26.0. The normalized spacial score (nSPS) is 19.5. The monoisotopic (exact) mass is 459 g/mol. The van der Waals surface area contributed by atoms with Crippen molar-refractivity contribution in [1.29, 1.82) is 0 Å². The summed E-state index contributed by atoms with van der Waals surface area (Å²) in [6, 6.07) is 6.16. The summed E-state index contributed by atoms with van der Waals surface area (Å²) in [4.78, 5) is 26.6. The molecule has 2 rings (SSSR count). The van der Waals surface area contributed by atoms with Crippen LogP contribution in [0.5, 0.6) is 0 Å². The molecular weight excluding hydrogens is 427 g/mol. The van der Waals surface area contributed by atoms with Crippen molar-refractivity contribution in [3.05, 3.63) is 35.4 Å². The smallest absolute Gasteiger partial charge is 0.413 e. The topological polar surface area (TPSA) is 65.1 Å². The van der Waals surface area contributed by atoms with E-state index < -0.39 is 54.4 Å². The number of halogens is 3. The minimum Gasteiger partial charge on any atom is -0.466 e. The van der Waals surface area contributed by atoms with Crippen molar-refractivity contribution in [2.24, 2.45) is 0 Å². The van der Waals surface area contributed by atoms with E-state index in [0.29, 0.717) is 5.56 Å². The van der Waals surface area contributed by atoms with Crippen LogP contribution in [0.3, 0.4) is 0 Å². The number of rotatable bonds is 6. The van der Waals surface area contributed by atoms with Gasteiger partial charge in [0.1, 0.15) is 11.3 Å². The minimum atomic E-state index is -4.37. The van der Waals surface area contributed by atoms with Gasteiger partial charge in [-0.15, -0.1) is 0 Å². The van der Waals surface area contributed by atoms with Crippen LogP contribution in [0.15, 0.2) is 24.3 Å². The van der Waals surface area contributed by atoms with E-state index >= 15 is 0 Å². The Kier molecular flexibility index (Phi) is 7.86. The molecule has 0 aromatic heterocycles. The van der Waals surface area contributed by atoms with Crippen molar-refractivity contribution in [2.75, 3.05) is 13.2 Å². The second-order valence-corrected chi connectivity index (χ2v) is 9.25. The molecule has 1 aliphatic heterocycles. The number of hydrogen-bond donors (Lipinski definition) is 0. The SMILES string of the molecule is CCOC(=O)C(CCC(F)(F)F)c1ccc([C@H]2COC(C)(C)N2C(=O)OC(C)(C)C)cc1. The van der Waals surface area contributed by atoms with Crippen molar-refractivity contribution in [3.8, 4) is 0 Å². The minimum absolute atomic E-state index is 0.0821. The summed E-state index contributed by atoms with van der Waals surface area (Å²) in [5, 5.41) is 0. The zero-order chi connectivity index (χ0) is 24.3. The molecule has 1 saturated heterocycles. The second kappa shape index (κ2) is 9.68. The number of ether oxygens (including phenoxy) is 3. The molecule has 1 aromatic rings. The number of alkyl halides is 3. The van der Waals surface area contributed by atoms with Crippen molar-refractivity contribution < 1.29 is 37.0 Å². The quantitative estimate of drug-likeness (QED) is 0.509. The highest BCUT2D eigenvalue weighted by molar-refractivity contribution is 5.78. The van der Waals surface area contributed by atoms with E-state index in [0.717, 1.165) is 5.56 Å². The number of carbonyl (C=O) groups is 2. The van der Waals surface area contributed by atoms with Crippen molar-refractivity contribution >= 4 is 12.1 Å². The van der Waals surface area contributed by atoms with Crippen LogP contribution < -0.4 is 0 Å². The number of esters is 1. The predicted octanol–water partition coefficient (Wildman–Crippen LogP) is 5.72. The number of hydrogen-bond acceptors (Lipinski definition) is 5. The molecule has 0 N–H and O–H groups in total. The molecule has 2 atom stereocenters. The molecule has 0 radical (unpaired) electrons. The van der Waals surface area contributed by atoms with Gasteiger partial charge >= 0.3 is 18.2 Å². The molecule has 0 saturated carbocycles. The van der Waals surface area contributed by atoms with E-state index in [4.69, 9.17) is 14.2 Å². The second-order valence-electron chi connectivity index (χ2n) is 9.25. The molecule has 0 bridgehead atoms. The fraction of sp³-hybridized carbons (Fsp3) is 0.652. The van der Waals surface area contributed by atoms with Crippen LogP contribution in [-0.4, -0.2) is 47.7 Å². The third-order valence-corrected chi connectivity index (χ3v) is 5.09. The van der Waals surface area contributed by atoms with Gasteiger partial charge in [0.05, 0.1) is 25.2 Å². The maximum atomic E-state index is 12.8. The van der Waals surface area contributed by atoms with Crippen molar-refractivity contribution in [2.45, 2.75) is 83.8 Å². The molecular formula is C23H32F3NO5. The summed E-state index contributed by atoms with van der Waals surface area (Å²) in [6.45, 7) is 10.8. The first-order valence-corrected chi connectivity index (χ1v) is 10.6. The molecule has 1 heterocycles. The van der Waals surface area contributed by atoms with Gasteiger partial charge in [-0.05, 0) is 59.1 Å². The van der Waals surface area contributed by atoms with Crippen LogP contribution in [-0.2, 0) is 19.0 Å². The summed E-state index contributed by atoms with van der Waals surface area (Å²) in [5.41, 5.74) is -0.427. The fourth-order valence-electron chi connectivity index (χ4n) is 3.63.